The number of nitrogens with zero attached hydrogens (tertiary/aromatic N) is 5. The summed E-state index contributed by atoms with van der Waals surface area (Å²) in [6.07, 6.45) is 0. The molecule has 0 radical (unpaired) electrons. The molecule has 0 fully saturated rings. The molecule has 136 valence electrons. The average Bonchev–Trinajstić information content (AvgIpc) is 3.16. The molecule has 7 heteroatoms. The molecule has 0 amide bonds. The lowest BCUT2D eigenvalue weighted by molar-refractivity contribution is 0.0689. The minimum atomic E-state index is -0.975. The normalized spacial score (nSPS) is 14.9. The van der Waals surface area contributed by atoms with Crippen LogP contribution >= 0.6 is 0 Å². The lowest BCUT2D eigenvalue weighted by atomic mass is 10.2. The van der Waals surface area contributed by atoms with Gasteiger partial charge in [0.15, 0.2) is 5.69 Å². The summed E-state index contributed by atoms with van der Waals surface area (Å²) >= 11 is 0. The van der Waals surface area contributed by atoms with Crippen molar-refractivity contribution in [2.45, 2.75) is 40.0 Å². The second-order valence-corrected chi connectivity index (χ2v) is 7.28. The third-order valence-electron chi connectivity index (χ3n) is 4.74. The van der Waals surface area contributed by atoms with Gasteiger partial charge in [-0.15, -0.1) is 0 Å². The molecule has 0 aliphatic carbocycles. The number of aromatic nitrogens is 4. The van der Waals surface area contributed by atoms with Crippen molar-refractivity contribution in [3.8, 4) is 0 Å². The number of imidazole rings is 1. The summed E-state index contributed by atoms with van der Waals surface area (Å²) in [6, 6.07) is 9.92. The van der Waals surface area contributed by atoms with Crippen LogP contribution in [0.4, 0.5) is 0 Å². The average molecular weight is 353 g/mol. The first-order chi connectivity index (χ1) is 12.5. The van der Waals surface area contributed by atoms with Gasteiger partial charge in [-0.3, -0.25) is 9.58 Å². The molecule has 1 aliphatic heterocycles. The minimum absolute atomic E-state index is 0.119. The van der Waals surface area contributed by atoms with Crippen LogP contribution < -0.4 is 0 Å². The van der Waals surface area contributed by atoms with Gasteiger partial charge in [-0.05, 0) is 24.1 Å². The number of aromatic carboxylic acids is 1. The van der Waals surface area contributed by atoms with Gasteiger partial charge in [0, 0.05) is 19.6 Å². The number of rotatable bonds is 5. The number of carboxylic acids is 1. The maximum Gasteiger partial charge on any atom is 0.356 e. The Hall–Kier alpha value is -2.67. The van der Waals surface area contributed by atoms with Gasteiger partial charge in [0.1, 0.15) is 5.82 Å². The summed E-state index contributed by atoms with van der Waals surface area (Å²) < 4.78 is 4.12. The highest BCUT2D eigenvalue weighted by Crippen LogP contribution is 2.21. The van der Waals surface area contributed by atoms with Crippen LogP contribution in [0.25, 0.3) is 11.0 Å². The summed E-state index contributed by atoms with van der Waals surface area (Å²) in [5.41, 5.74) is 3.26. The Morgan fingerprint density at radius 2 is 2.08 bits per heavy atom. The van der Waals surface area contributed by atoms with Gasteiger partial charge < -0.3 is 9.67 Å². The molecule has 0 atom stereocenters. The molecule has 0 unspecified atom stereocenters. The van der Waals surface area contributed by atoms with E-state index in [1.165, 1.54) is 5.52 Å². The number of carbonyl (C=O) groups is 1. The van der Waals surface area contributed by atoms with E-state index in [0.717, 1.165) is 36.7 Å². The lowest BCUT2D eigenvalue weighted by Gasteiger charge is -2.27. The van der Waals surface area contributed by atoms with E-state index in [0.29, 0.717) is 19.0 Å². The summed E-state index contributed by atoms with van der Waals surface area (Å²) in [5, 5.41) is 13.3. The SMILES string of the molecule is CC(C)Cn1c(CN2CCn3nc(C(=O)O)cc3C2)nc2ccccc21. The Kier molecular flexibility index (Phi) is 4.24. The predicted octanol–water partition coefficient (Wildman–Crippen LogP) is 2.60. The van der Waals surface area contributed by atoms with Gasteiger partial charge >= 0.3 is 5.97 Å². The van der Waals surface area contributed by atoms with Gasteiger partial charge in [0.2, 0.25) is 0 Å². The maximum absolute atomic E-state index is 11.1. The van der Waals surface area contributed by atoms with Crippen LogP contribution in [-0.4, -0.2) is 41.9 Å². The van der Waals surface area contributed by atoms with Gasteiger partial charge in [0.05, 0.1) is 29.8 Å². The van der Waals surface area contributed by atoms with Crippen molar-refractivity contribution in [2.75, 3.05) is 6.54 Å². The predicted molar refractivity (Wildman–Crippen MR) is 97.9 cm³/mol. The van der Waals surface area contributed by atoms with Crippen LogP contribution in [0, 0.1) is 5.92 Å². The Labute approximate surface area is 151 Å². The molecule has 4 rings (SSSR count). The summed E-state index contributed by atoms with van der Waals surface area (Å²) in [5.74, 6) is 0.621. The third-order valence-corrected chi connectivity index (χ3v) is 4.74. The molecular weight excluding hydrogens is 330 g/mol. The Morgan fingerprint density at radius 1 is 1.27 bits per heavy atom. The van der Waals surface area contributed by atoms with Crippen LogP contribution in [0.1, 0.15) is 35.9 Å². The van der Waals surface area contributed by atoms with E-state index in [9.17, 15) is 4.79 Å². The van der Waals surface area contributed by atoms with E-state index in [1.807, 2.05) is 6.07 Å². The van der Waals surface area contributed by atoms with Crippen molar-refractivity contribution < 1.29 is 9.90 Å². The maximum atomic E-state index is 11.1. The number of para-hydroxylation sites is 2. The fourth-order valence-corrected chi connectivity index (χ4v) is 3.58. The number of carboxylic acid groups (broad SMARTS) is 1. The van der Waals surface area contributed by atoms with Crippen LogP contribution in [0.2, 0.25) is 0 Å². The van der Waals surface area contributed by atoms with E-state index in [-0.39, 0.29) is 5.69 Å². The number of benzene rings is 1. The molecule has 0 spiro atoms. The summed E-state index contributed by atoms with van der Waals surface area (Å²) in [6.45, 7) is 8.33. The van der Waals surface area contributed by atoms with Crippen molar-refractivity contribution in [3.05, 3.63) is 47.5 Å². The number of hydrogen-bond acceptors (Lipinski definition) is 4. The van der Waals surface area contributed by atoms with Crippen LogP contribution in [0.5, 0.6) is 0 Å². The molecule has 0 saturated heterocycles. The molecule has 0 saturated carbocycles. The van der Waals surface area contributed by atoms with Gasteiger partial charge in [-0.2, -0.15) is 5.10 Å². The third kappa shape index (κ3) is 3.10. The number of hydrogen-bond donors (Lipinski definition) is 1. The molecule has 7 nitrogen and oxygen atoms in total. The highest BCUT2D eigenvalue weighted by molar-refractivity contribution is 5.85. The van der Waals surface area contributed by atoms with Crippen molar-refractivity contribution >= 4 is 17.0 Å². The van der Waals surface area contributed by atoms with Crippen LogP contribution in [0.15, 0.2) is 30.3 Å². The molecule has 1 aliphatic rings. The number of fused-ring (bicyclic) bond motifs is 2. The van der Waals surface area contributed by atoms with Gasteiger partial charge in [-0.1, -0.05) is 26.0 Å². The summed E-state index contributed by atoms with van der Waals surface area (Å²) in [4.78, 5) is 18.3. The van der Waals surface area contributed by atoms with E-state index >= 15 is 0 Å². The Balaban J connectivity index is 1.60. The first kappa shape index (κ1) is 16.8. The zero-order valence-electron chi connectivity index (χ0n) is 15.1. The monoisotopic (exact) mass is 353 g/mol. The topological polar surface area (TPSA) is 76.2 Å². The Morgan fingerprint density at radius 3 is 2.85 bits per heavy atom. The molecule has 3 aromatic rings. The molecule has 1 N–H and O–H groups in total. The molecular formula is C19H23N5O2. The highest BCUT2D eigenvalue weighted by atomic mass is 16.4. The quantitative estimate of drug-likeness (QED) is 0.763. The first-order valence-electron chi connectivity index (χ1n) is 8.98. The second kappa shape index (κ2) is 6.57. The minimum Gasteiger partial charge on any atom is -0.476 e. The molecule has 2 aromatic heterocycles. The van der Waals surface area contributed by atoms with Crippen LogP contribution in [0.3, 0.4) is 0 Å². The standard InChI is InChI=1S/C19H23N5O2/c1-13(2)10-23-17-6-4-3-5-15(17)20-18(23)12-22-7-8-24-14(11-22)9-16(21-24)19(25)26/h3-6,9,13H,7-8,10-12H2,1-2H3,(H,25,26). The lowest BCUT2D eigenvalue weighted by Crippen LogP contribution is -2.34. The van der Waals surface area contributed by atoms with E-state index in [4.69, 9.17) is 10.1 Å². The highest BCUT2D eigenvalue weighted by Gasteiger charge is 2.22. The second-order valence-electron chi connectivity index (χ2n) is 7.28. The largest absolute Gasteiger partial charge is 0.476 e. The smallest absolute Gasteiger partial charge is 0.356 e. The fourth-order valence-electron chi connectivity index (χ4n) is 3.58. The van der Waals surface area contributed by atoms with E-state index in [2.05, 4.69) is 46.6 Å². The fraction of sp³-hybridized carbons (Fsp3) is 0.421. The molecule has 0 bridgehead atoms. The van der Waals surface area contributed by atoms with Crippen molar-refractivity contribution in [2.24, 2.45) is 5.92 Å². The zero-order valence-corrected chi connectivity index (χ0v) is 15.1. The van der Waals surface area contributed by atoms with Gasteiger partial charge in [0.25, 0.3) is 0 Å². The summed E-state index contributed by atoms with van der Waals surface area (Å²) in [7, 11) is 0. The Bertz CT molecular complexity index is 956. The van der Waals surface area contributed by atoms with Crippen molar-refractivity contribution in [3.63, 3.8) is 0 Å². The van der Waals surface area contributed by atoms with Gasteiger partial charge in [-0.25, -0.2) is 9.78 Å². The zero-order chi connectivity index (χ0) is 18.3. The molecule has 1 aromatic carbocycles. The first-order valence-corrected chi connectivity index (χ1v) is 8.98. The van der Waals surface area contributed by atoms with E-state index in [1.54, 1.807) is 10.7 Å². The molecule has 26 heavy (non-hydrogen) atoms. The molecule has 3 heterocycles. The van der Waals surface area contributed by atoms with Crippen LogP contribution in [-0.2, 0) is 26.2 Å². The van der Waals surface area contributed by atoms with E-state index < -0.39 is 5.97 Å². The van der Waals surface area contributed by atoms with Crippen molar-refractivity contribution in [1.82, 2.24) is 24.2 Å². The van der Waals surface area contributed by atoms with Crippen molar-refractivity contribution in [1.29, 1.82) is 0 Å².